The molecule has 12 heteroatoms. The van der Waals surface area contributed by atoms with Gasteiger partial charge in [-0.15, -0.1) is 0 Å². The Morgan fingerprint density at radius 2 is 1.81 bits per heavy atom. The minimum Gasteiger partial charge on any atom is -0.488 e. The van der Waals surface area contributed by atoms with Crippen molar-refractivity contribution in [3.05, 3.63) is 99.8 Å². The zero-order valence-electron chi connectivity index (χ0n) is 23.0. The molecule has 0 amide bonds. The van der Waals surface area contributed by atoms with Crippen molar-refractivity contribution in [1.82, 2.24) is 20.6 Å². The Labute approximate surface area is 254 Å². The third kappa shape index (κ3) is 6.49. The molecule has 218 valence electrons. The zero-order chi connectivity index (χ0) is 30.4. The van der Waals surface area contributed by atoms with Crippen LogP contribution in [0.25, 0.3) is 22.2 Å². The Morgan fingerprint density at radius 1 is 1.05 bits per heavy atom. The number of halogens is 1. The molecule has 3 aromatic carbocycles. The third-order valence-corrected chi connectivity index (χ3v) is 7.81. The number of nitrogens with one attached hydrogen (secondary N) is 1. The van der Waals surface area contributed by atoms with E-state index in [1.54, 1.807) is 18.3 Å². The fourth-order valence-electron chi connectivity index (χ4n) is 4.31. The molecule has 2 heterocycles. The molecular weight excluding hydrogens is 618 g/mol. The fourth-order valence-corrected chi connectivity index (χ4v) is 4.92. The number of aliphatic hydroxyl groups is 1. The Bertz CT molecular complexity index is 1810. The van der Waals surface area contributed by atoms with Gasteiger partial charge in [0.2, 0.25) is 0 Å². The number of hydrogen-bond donors (Lipinski definition) is 3. The second-order valence-electron chi connectivity index (χ2n) is 9.88. The van der Waals surface area contributed by atoms with E-state index in [0.29, 0.717) is 39.2 Å². The lowest BCUT2D eigenvalue weighted by Gasteiger charge is -2.24. The highest BCUT2D eigenvalue weighted by Crippen LogP contribution is 2.37. The Balaban J connectivity index is 1.48. The second-order valence-corrected chi connectivity index (χ2v) is 10.7. The SMILES string of the molecule is CC(CO)(NCc1c(OCc2cncc(C#N)c2)cc(OCc2cccc(-c3ccccc3)c2Br)c2nonc12)C(=O)O. The van der Waals surface area contributed by atoms with Crippen molar-refractivity contribution in [2.45, 2.75) is 32.2 Å². The van der Waals surface area contributed by atoms with Gasteiger partial charge in [-0.25, -0.2) is 4.63 Å². The summed E-state index contributed by atoms with van der Waals surface area (Å²) in [6.45, 7) is 0.892. The standard InChI is InChI=1S/C31H26BrN5O6/c1-31(18-38,30(39)40)35-15-24-25(41-16-20-10-19(12-33)13-34-14-20)11-26(29-28(24)36-43-37-29)42-17-22-8-5-9-23(27(22)32)21-6-3-2-4-7-21/h2-11,13-14,35,38H,15-18H2,1H3,(H,39,40). The Morgan fingerprint density at radius 3 is 2.56 bits per heavy atom. The first-order chi connectivity index (χ1) is 20.8. The van der Waals surface area contributed by atoms with Crippen LogP contribution >= 0.6 is 15.9 Å². The topological polar surface area (TPSA) is 164 Å². The molecule has 43 heavy (non-hydrogen) atoms. The van der Waals surface area contributed by atoms with E-state index in [2.05, 4.69) is 36.5 Å². The summed E-state index contributed by atoms with van der Waals surface area (Å²) >= 11 is 3.72. The van der Waals surface area contributed by atoms with E-state index in [-0.39, 0.29) is 19.8 Å². The first-order valence-corrected chi connectivity index (χ1v) is 13.9. The van der Waals surface area contributed by atoms with Gasteiger partial charge in [-0.3, -0.25) is 15.1 Å². The molecule has 5 rings (SSSR count). The van der Waals surface area contributed by atoms with Crippen LogP contribution in [0.5, 0.6) is 11.5 Å². The zero-order valence-corrected chi connectivity index (χ0v) is 24.5. The van der Waals surface area contributed by atoms with Crippen molar-refractivity contribution in [2.24, 2.45) is 0 Å². The lowest BCUT2D eigenvalue weighted by Crippen LogP contribution is -2.52. The first-order valence-electron chi connectivity index (χ1n) is 13.1. The maximum absolute atomic E-state index is 11.8. The molecule has 0 fully saturated rings. The van der Waals surface area contributed by atoms with Crippen molar-refractivity contribution in [2.75, 3.05) is 6.61 Å². The van der Waals surface area contributed by atoms with Gasteiger partial charge >= 0.3 is 5.97 Å². The number of aliphatic hydroxyl groups excluding tert-OH is 1. The maximum atomic E-state index is 11.8. The largest absolute Gasteiger partial charge is 0.488 e. The number of benzene rings is 3. The number of fused-ring (bicyclic) bond motifs is 1. The van der Waals surface area contributed by atoms with Gasteiger partial charge in [0.15, 0.2) is 11.3 Å². The molecule has 0 radical (unpaired) electrons. The van der Waals surface area contributed by atoms with E-state index in [0.717, 1.165) is 21.2 Å². The highest BCUT2D eigenvalue weighted by Gasteiger charge is 2.33. The lowest BCUT2D eigenvalue weighted by molar-refractivity contribution is -0.145. The van der Waals surface area contributed by atoms with Gasteiger partial charge in [0, 0.05) is 46.2 Å². The summed E-state index contributed by atoms with van der Waals surface area (Å²) in [6, 6.07) is 21.2. The van der Waals surface area contributed by atoms with Gasteiger partial charge in [0.25, 0.3) is 0 Å². The Hall–Kier alpha value is -4.83. The van der Waals surface area contributed by atoms with Gasteiger partial charge in [0.1, 0.15) is 36.1 Å². The molecule has 5 aromatic rings. The van der Waals surface area contributed by atoms with Crippen LogP contribution in [0.1, 0.15) is 29.2 Å². The van der Waals surface area contributed by atoms with Crippen LogP contribution in [0.2, 0.25) is 0 Å². The summed E-state index contributed by atoms with van der Waals surface area (Å²) in [5, 5.41) is 39.6. The highest BCUT2D eigenvalue weighted by molar-refractivity contribution is 9.10. The molecule has 0 spiro atoms. The van der Waals surface area contributed by atoms with Gasteiger partial charge < -0.3 is 19.7 Å². The minimum atomic E-state index is -1.63. The van der Waals surface area contributed by atoms with E-state index in [1.165, 1.54) is 13.1 Å². The van der Waals surface area contributed by atoms with E-state index >= 15 is 0 Å². The molecule has 11 nitrogen and oxygen atoms in total. The number of carboxylic acid groups (broad SMARTS) is 1. The number of aliphatic carboxylic acids is 1. The normalized spacial score (nSPS) is 12.4. The predicted molar refractivity (Wildman–Crippen MR) is 159 cm³/mol. The molecule has 0 aliphatic carbocycles. The molecule has 0 aliphatic heterocycles. The Kier molecular flexibility index (Phi) is 8.96. The number of nitrogens with zero attached hydrogens (tertiary/aromatic N) is 4. The van der Waals surface area contributed by atoms with Gasteiger partial charge in [-0.05, 0) is 50.4 Å². The van der Waals surface area contributed by atoms with Crippen LogP contribution in [0.3, 0.4) is 0 Å². The molecule has 1 atom stereocenters. The average molecular weight is 644 g/mol. The molecule has 3 N–H and O–H groups in total. The fraction of sp³-hybridized carbons (Fsp3) is 0.194. The number of hydrogen-bond acceptors (Lipinski definition) is 10. The molecule has 1 unspecified atom stereocenters. The number of rotatable bonds is 12. The molecule has 0 saturated carbocycles. The number of aromatic nitrogens is 3. The molecular formula is C31H26BrN5O6. The van der Waals surface area contributed by atoms with Crippen molar-refractivity contribution in [3.63, 3.8) is 0 Å². The predicted octanol–water partition coefficient (Wildman–Crippen LogP) is 5.00. The number of carboxylic acids is 1. The molecule has 0 aliphatic rings. The molecule has 0 bridgehead atoms. The number of ether oxygens (including phenoxy) is 2. The van der Waals surface area contributed by atoms with E-state index in [1.807, 2.05) is 54.6 Å². The minimum absolute atomic E-state index is 0.0482. The third-order valence-electron chi connectivity index (χ3n) is 6.88. The summed E-state index contributed by atoms with van der Waals surface area (Å²) < 4.78 is 18.3. The maximum Gasteiger partial charge on any atom is 0.326 e. The molecule has 2 aromatic heterocycles. The average Bonchev–Trinajstić information content (AvgIpc) is 3.53. The summed E-state index contributed by atoms with van der Waals surface area (Å²) in [7, 11) is 0. The van der Waals surface area contributed by atoms with E-state index in [4.69, 9.17) is 14.1 Å². The van der Waals surface area contributed by atoms with Gasteiger partial charge in [0.05, 0.1) is 12.2 Å². The van der Waals surface area contributed by atoms with Crippen molar-refractivity contribution >= 4 is 32.9 Å². The number of carbonyl (C=O) groups is 1. The van der Waals surface area contributed by atoms with E-state index in [9.17, 15) is 20.3 Å². The van der Waals surface area contributed by atoms with Crippen LogP contribution in [0.15, 0.2) is 82.2 Å². The second kappa shape index (κ2) is 13.0. The van der Waals surface area contributed by atoms with Crippen LogP contribution in [0, 0.1) is 11.3 Å². The van der Waals surface area contributed by atoms with Crippen LogP contribution < -0.4 is 14.8 Å². The van der Waals surface area contributed by atoms with Crippen LogP contribution in [-0.2, 0) is 24.6 Å². The van der Waals surface area contributed by atoms with Crippen LogP contribution in [-0.4, -0.2) is 43.6 Å². The smallest absolute Gasteiger partial charge is 0.326 e. The first kappa shape index (κ1) is 29.7. The van der Waals surface area contributed by atoms with Crippen molar-refractivity contribution < 1.29 is 29.1 Å². The number of nitriles is 1. The molecule has 0 saturated heterocycles. The summed E-state index contributed by atoms with van der Waals surface area (Å²) in [5.74, 6) is -0.579. The summed E-state index contributed by atoms with van der Waals surface area (Å²) in [5.41, 5.74) is 3.41. The summed E-state index contributed by atoms with van der Waals surface area (Å²) in [4.78, 5) is 15.9. The van der Waals surface area contributed by atoms with Crippen molar-refractivity contribution in [1.29, 1.82) is 5.26 Å². The monoisotopic (exact) mass is 643 g/mol. The van der Waals surface area contributed by atoms with Crippen molar-refractivity contribution in [3.8, 4) is 28.7 Å². The highest BCUT2D eigenvalue weighted by atomic mass is 79.9. The summed E-state index contributed by atoms with van der Waals surface area (Å²) in [6.07, 6.45) is 3.03. The van der Waals surface area contributed by atoms with Crippen LogP contribution in [0.4, 0.5) is 0 Å². The quantitative estimate of drug-likeness (QED) is 0.167. The number of pyridine rings is 1. The van der Waals surface area contributed by atoms with Gasteiger partial charge in [-0.1, -0.05) is 48.5 Å². The van der Waals surface area contributed by atoms with Gasteiger partial charge in [-0.2, -0.15) is 5.26 Å². The lowest BCUT2D eigenvalue weighted by atomic mass is 10.0. The van der Waals surface area contributed by atoms with E-state index < -0.39 is 18.1 Å².